The van der Waals surface area contributed by atoms with Crippen LogP contribution in [0, 0.1) is 6.92 Å². The minimum atomic E-state index is -1.04. The lowest BCUT2D eigenvalue weighted by atomic mass is 9.93. The van der Waals surface area contributed by atoms with Gasteiger partial charge in [-0.25, -0.2) is 4.79 Å². The maximum atomic E-state index is 13.3. The summed E-state index contributed by atoms with van der Waals surface area (Å²) in [5.41, 5.74) is 5.12. The van der Waals surface area contributed by atoms with Crippen molar-refractivity contribution in [2.45, 2.75) is 38.5 Å². The molecule has 0 saturated carbocycles. The van der Waals surface area contributed by atoms with E-state index in [0.29, 0.717) is 30.8 Å². The maximum Gasteiger partial charge on any atom is 0.326 e. The molecule has 1 aromatic heterocycles. The molecular formula is C32H33NO5S. The van der Waals surface area contributed by atoms with Crippen LogP contribution in [0.25, 0.3) is 11.1 Å². The summed E-state index contributed by atoms with van der Waals surface area (Å²) in [5, 5.41) is 12.3. The lowest BCUT2D eigenvalue weighted by molar-refractivity contribution is -0.139. The van der Waals surface area contributed by atoms with Crippen LogP contribution in [0.1, 0.15) is 45.3 Å². The molecule has 4 aromatic rings. The monoisotopic (exact) mass is 543 g/mol. The number of carbonyl (C=O) groups excluding carboxylic acids is 1. The summed E-state index contributed by atoms with van der Waals surface area (Å²) in [4.78, 5) is 25.1. The first-order chi connectivity index (χ1) is 19.0. The van der Waals surface area contributed by atoms with Gasteiger partial charge in [-0.15, -0.1) is 0 Å². The van der Waals surface area contributed by atoms with Gasteiger partial charge in [0.2, 0.25) is 0 Å². The van der Waals surface area contributed by atoms with Gasteiger partial charge in [0.15, 0.2) is 0 Å². The van der Waals surface area contributed by atoms with Gasteiger partial charge in [0, 0.05) is 12.0 Å². The Morgan fingerprint density at radius 1 is 0.949 bits per heavy atom. The third-order valence-corrected chi connectivity index (χ3v) is 7.20. The molecule has 3 aromatic carbocycles. The average Bonchev–Trinajstić information content (AvgIpc) is 3.49. The number of hydrogen-bond acceptors (Lipinski definition) is 5. The second-order valence-electron chi connectivity index (χ2n) is 9.35. The molecule has 1 heterocycles. The number of hydrogen-bond donors (Lipinski definition) is 2. The maximum absolute atomic E-state index is 13.3. The van der Waals surface area contributed by atoms with Gasteiger partial charge in [-0.3, -0.25) is 4.79 Å². The minimum absolute atomic E-state index is 0.278. The van der Waals surface area contributed by atoms with E-state index in [1.54, 1.807) is 24.1 Å². The van der Waals surface area contributed by atoms with Gasteiger partial charge in [0.25, 0.3) is 5.91 Å². The Labute approximate surface area is 233 Å². The molecule has 4 rings (SSSR count). The SMILES string of the molecule is CSCCC(NC(=O)c1ccc(COC(Cc2ccccc2)c2ccco2)cc1-c1ccccc1C)C(=O)O. The smallest absolute Gasteiger partial charge is 0.326 e. The van der Waals surface area contributed by atoms with E-state index < -0.39 is 17.9 Å². The van der Waals surface area contributed by atoms with E-state index in [-0.39, 0.29) is 6.10 Å². The second kappa shape index (κ2) is 13.8. The van der Waals surface area contributed by atoms with Gasteiger partial charge in [-0.1, -0.05) is 60.7 Å². The van der Waals surface area contributed by atoms with Crippen molar-refractivity contribution >= 4 is 23.6 Å². The number of furan rings is 1. The fraction of sp³-hybridized carbons (Fsp3) is 0.250. The number of carbonyl (C=O) groups is 2. The number of rotatable bonds is 13. The lowest BCUT2D eigenvalue weighted by Gasteiger charge is -2.19. The first-order valence-corrected chi connectivity index (χ1v) is 14.3. The predicted molar refractivity (Wildman–Crippen MR) is 155 cm³/mol. The zero-order valence-electron chi connectivity index (χ0n) is 22.1. The van der Waals surface area contributed by atoms with Crippen LogP contribution in [-0.4, -0.2) is 35.0 Å². The van der Waals surface area contributed by atoms with Crippen molar-refractivity contribution in [2.75, 3.05) is 12.0 Å². The molecule has 0 bridgehead atoms. The van der Waals surface area contributed by atoms with Crippen molar-refractivity contribution in [3.63, 3.8) is 0 Å². The van der Waals surface area contributed by atoms with E-state index >= 15 is 0 Å². The predicted octanol–water partition coefficient (Wildman–Crippen LogP) is 6.69. The molecule has 202 valence electrons. The highest BCUT2D eigenvalue weighted by Gasteiger charge is 2.23. The largest absolute Gasteiger partial charge is 0.480 e. The van der Waals surface area contributed by atoms with Crippen LogP contribution in [0.5, 0.6) is 0 Å². The number of ether oxygens (including phenoxy) is 1. The molecule has 0 saturated heterocycles. The quantitative estimate of drug-likeness (QED) is 0.195. The number of aliphatic carboxylic acids is 1. The molecule has 2 atom stereocenters. The van der Waals surface area contributed by atoms with Crippen LogP contribution in [0.3, 0.4) is 0 Å². The first kappa shape index (κ1) is 28.2. The standard InChI is InChI=1S/C32H33NO5S/c1-22-9-6-7-12-25(22)27-19-24(14-15-26(27)31(34)33-28(32(35)36)16-18-39-2)21-38-30(29-13-8-17-37-29)20-23-10-4-3-5-11-23/h3-15,17,19,28,30H,16,18,20-21H2,1-2H3,(H,33,34)(H,35,36). The second-order valence-corrected chi connectivity index (χ2v) is 10.3. The Morgan fingerprint density at radius 2 is 1.72 bits per heavy atom. The number of amides is 1. The molecule has 2 unspecified atom stereocenters. The molecule has 0 aliphatic rings. The Morgan fingerprint density at radius 3 is 2.41 bits per heavy atom. The van der Waals surface area contributed by atoms with E-state index in [4.69, 9.17) is 9.15 Å². The topological polar surface area (TPSA) is 88.8 Å². The summed E-state index contributed by atoms with van der Waals surface area (Å²) >= 11 is 1.55. The highest BCUT2D eigenvalue weighted by atomic mass is 32.2. The third-order valence-electron chi connectivity index (χ3n) is 6.55. The minimum Gasteiger partial charge on any atom is -0.480 e. The lowest BCUT2D eigenvalue weighted by Crippen LogP contribution is -2.41. The summed E-state index contributed by atoms with van der Waals surface area (Å²) in [6.07, 6.45) is 4.29. The third kappa shape index (κ3) is 7.62. The number of thioether (sulfide) groups is 1. The first-order valence-electron chi connectivity index (χ1n) is 12.9. The van der Waals surface area contributed by atoms with Crippen molar-refractivity contribution in [1.82, 2.24) is 5.32 Å². The van der Waals surface area contributed by atoms with Gasteiger partial charge in [-0.05, 0) is 77.4 Å². The van der Waals surface area contributed by atoms with Crippen molar-refractivity contribution in [3.8, 4) is 11.1 Å². The number of nitrogens with one attached hydrogen (secondary N) is 1. The molecule has 6 nitrogen and oxygen atoms in total. The van der Waals surface area contributed by atoms with Crippen LogP contribution in [-0.2, 0) is 22.6 Å². The Bertz CT molecular complexity index is 1370. The van der Waals surface area contributed by atoms with Gasteiger partial charge >= 0.3 is 5.97 Å². The molecule has 0 spiro atoms. The molecule has 0 aliphatic carbocycles. The van der Waals surface area contributed by atoms with Crippen LogP contribution >= 0.6 is 11.8 Å². The van der Waals surface area contributed by atoms with Crippen molar-refractivity contribution in [1.29, 1.82) is 0 Å². The van der Waals surface area contributed by atoms with E-state index in [0.717, 1.165) is 33.6 Å². The molecule has 39 heavy (non-hydrogen) atoms. The number of benzene rings is 3. The van der Waals surface area contributed by atoms with Crippen LogP contribution in [0.4, 0.5) is 0 Å². The molecule has 7 heteroatoms. The van der Waals surface area contributed by atoms with Gasteiger partial charge in [-0.2, -0.15) is 11.8 Å². The Kier molecular flexibility index (Phi) is 10.00. The zero-order valence-corrected chi connectivity index (χ0v) is 22.9. The average molecular weight is 544 g/mol. The van der Waals surface area contributed by atoms with E-state index in [1.165, 1.54) is 0 Å². The van der Waals surface area contributed by atoms with E-state index in [1.807, 2.05) is 79.9 Å². The van der Waals surface area contributed by atoms with Crippen molar-refractivity contribution < 1.29 is 23.8 Å². The summed E-state index contributed by atoms with van der Waals surface area (Å²) in [7, 11) is 0. The van der Waals surface area contributed by atoms with Crippen molar-refractivity contribution in [2.24, 2.45) is 0 Å². The fourth-order valence-corrected chi connectivity index (χ4v) is 4.92. The Hall–Kier alpha value is -3.81. The molecule has 1 amide bonds. The van der Waals surface area contributed by atoms with Gasteiger partial charge in [0.1, 0.15) is 17.9 Å². The molecule has 2 N–H and O–H groups in total. The number of carboxylic acid groups (broad SMARTS) is 1. The zero-order chi connectivity index (χ0) is 27.6. The highest BCUT2D eigenvalue weighted by Crippen LogP contribution is 2.30. The van der Waals surface area contributed by atoms with E-state index in [2.05, 4.69) is 17.4 Å². The van der Waals surface area contributed by atoms with Gasteiger partial charge < -0.3 is 19.6 Å². The molecule has 0 radical (unpaired) electrons. The molecule has 0 fully saturated rings. The van der Waals surface area contributed by atoms with Crippen LogP contribution in [0.15, 0.2) is 95.6 Å². The number of aryl methyl sites for hydroxylation is 1. The summed E-state index contributed by atoms with van der Waals surface area (Å²) in [6.45, 7) is 2.30. The van der Waals surface area contributed by atoms with E-state index in [9.17, 15) is 14.7 Å². The van der Waals surface area contributed by atoms with Crippen LogP contribution < -0.4 is 5.32 Å². The summed E-state index contributed by atoms with van der Waals surface area (Å²) in [6, 6.07) is 26.3. The highest BCUT2D eigenvalue weighted by molar-refractivity contribution is 7.98. The molecular weight excluding hydrogens is 510 g/mol. The fourth-order valence-electron chi connectivity index (χ4n) is 4.45. The summed E-state index contributed by atoms with van der Waals surface area (Å²) < 4.78 is 12.0. The van der Waals surface area contributed by atoms with Crippen molar-refractivity contribution in [3.05, 3.63) is 119 Å². The van der Waals surface area contributed by atoms with Crippen LogP contribution in [0.2, 0.25) is 0 Å². The summed E-state index contributed by atoms with van der Waals surface area (Å²) in [5.74, 6) is -0.0641. The molecule has 0 aliphatic heterocycles. The van der Waals surface area contributed by atoms with Gasteiger partial charge in [0.05, 0.1) is 12.9 Å². The normalized spacial score (nSPS) is 12.6. The Balaban J connectivity index is 1.61. The number of carboxylic acids is 1.